The van der Waals surface area contributed by atoms with Gasteiger partial charge in [-0.05, 0) is 42.2 Å². The predicted molar refractivity (Wildman–Crippen MR) is 118 cm³/mol. The Morgan fingerprint density at radius 3 is 2.42 bits per heavy atom. The monoisotopic (exact) mass is 436 g/mol. The van der Waals surface area contributed by atoms with E-state index in [0.29, 0.717) is 45.0 Å². The molecule has 0 radical (unpaired) electrons. The smallest absolute Gasteiger partial charge is 0.307 e. The fraction of sp³-hybridized carbons (Fsp3) is 0.182. The van der Waals surface area contributed by atoms with Crippen LogP contribution in [0.25, 0.3) is 11.3 Å². The number of ether oxygens (including phenoxy) is 2. The lowest BCUT2D eigenvalue weighted by Gasteiger charge is -2.14. The summed E-state index contributed by atoms with van der Waals surface area (Å²) in [6.45, 7) is 0. The van der Waals surface area contributed by atoms with Crippen LogP contribution in [0.5, 0.6) is 11.5 Å². The van der Waals surface area contributed by atoms with Crippen molar-refractivity contribution >= 4 is 29.2 Å². The quantitative estimate of drug-likeness (QED) is 0.397. The molecule has 2 N–H and O–H groups in total. The number of thioether (sulfide) groups is 1. The molecule has 0 fully saturated rings. The normalized spacial score (nSPS) is 10.3. The molecule has 0 spiro atoms. The van der Waals surface area contributed by atoms with E-state index in [1.165, 1.54) is 11.8 Å². The zero-order valence-electron chi connectivity index (χ0n) is 17.2. The number of anilines is 2. The van der Waals surface area contributed by atoms with E-state index < -0.39 is 5.97 Å². The fourth-order valence-corrected chi connectivity index (χ4v) is 3.30. The van der Waals surface area contributed by atoms with E-state index in [9.17, 15) is 10.1 Å². The molecule has 2 aromatic carbocycles. The van der Waals surface area contributed by atoms with E-state index in [1.54, 1.807) is 56.7 Å². The number of carbonyl (C=O) groups is 1. The molecule has 1 aromatic heterocycles. The number of rotatable bonds is 8. The molecule has 0 saturated heterocycles. The summed E-state index contributed by atoms with van der Waals surface area (Å²) >= 11 is 1.36. The highest BCUT2D eigenvalue weighted by Gasteiger charge is 2.18. The molecule has 0 aliphatic rings. The highest BCUT2D eigenvalue weighted by molar-refractivity contribution is 7.98. The second-order valence-electron chi connectivity index (χ2n) is 6.36. The van der Waals surface area contributed by atoms with Crippen molar-refractivity contribution in [3.8, 4) is 28.8 Å². The van der Waals surface area contributed by atoms with Gasteiger partial charge in [-0.1, -0.05) is 23.9 Å². The van der Waals surface area contributed by atoms with E-state index in [4.69, 9.17) is 14.6 Å². The molecule has 0 aliphatic carbocycles. The van der Waals surface area contributed by atoms with Gasteiger partial charge < -0.3 is 19.9 Å². The van der Waals surface area contributed by atoms with Gasteiger partial charge in [0.25, 0.3) is 0 Å². The van der Waals surface area contributed by atoms with Gasteiger partial charge in [-0.2, -0.15) is 5.26 Å². The summed E-state index contributed by atoms with van der Waals surface area (Å²) in [5, 5.41) is 22.4. The molecule has 9 heteroatoms. The number of hydrogen-bond donors (Lipinski definition) is 2. The molecule has 31 heavy (non-hydrogen) atoms. The molecule has 0 atom stereocenters. The first-order chi connectivity index (χ1) is 15.0. The molecular formula is C22H20N4O4S. The van der Waals surface area contributed by atoms with Gasteiger partial charge >= 0.3 is 5.97 Å². The Bertz CT molecular complexity index is 1140. The van der Waals surface area contributed by atoms with Gasteiger partial charge in [0.15, 0.2) is 22.5 Å². The van der Waals surface area contributed by atoms with Crippen molar-refractivity contribution in [2.24, 2.45) is 0 Å². The standard InChI is InChI=1S/C22H20N4O4S/c1-29-17-9-6-14(11-18(17)30-2)20-16(12-23)21(26-22(25-20)31-3)24-15-7-4-13(5-8-15)10-19(27)28/h4-9,11H,10H2,1-3H3,(H,27,28)(H,24,25,26). The average molecular weight is 436 g/mol. The number of aromatic nitrogens is 2. The highest BCUT2D eigenvalue weighted by Crippen LogP contribution is 2.35. The molecule has 0 saturated carbocycles. The van der Waals surface area contributed by atoms with Crippen LogP contribution in [0.4, 0.5) is 11.5 Å². The largest absolute Gasteiger partial charge is 0.493 e. The van der Waals surface area contributed by atoms with Crippen molar-refractivity contribution in [1.29, 1.82) is 5.26 Å². The van der Waals surface area contributed by atoms with Crippen molar-refractivity contribution < 1.29 is 19.4 Å². The Kier molecular flexibility index (Phi) is 6.95. The molecule has 0 aliphatic heterocycles. The van der Waals surface area contributed by atoms with Gasteiger partial charge in [-0.3, -0.25) is 4.79 Å². The third-order valence-corrected chi connectivity index (χ3v) is 4.96. The fourth-order valence-electron chi connectivity index (χ4n) is 2.94. The van der Waals surface area contributed by atoms with Crippen molar-refractivity contribution in [2.45, 2.75) is 11.6 Å². The molecule has 0 bridgehead atoms. The lowest BCUT2D eigenvalue weighted by molar-refractivity contribution is -0.136. The van der Waals surface area contributed by atoms with Crippen LogP contribution in [0.15, 0.2) is 47.6 Å². The number of hydrogen-bond acceptors (Lipinski definition) is 8. The number of methoxy groups -OCH3 is 2. The maximum absolute atomic E-state index is 10.9. The lowest BCUT2D eigenvalue weighted by Crippen LogP contribution is -2.04. The van der Waals surface area contributed by atoms with Crippen LogP contribution < -0.4 is 14.8 Å². The first-order valence-corrected chi connectivity index (χ1v) is 10.4. The summed E-state index contributed by atoms with van der Waals surface area (Å²) in [5.74, 6) is 0.561. The topological polar surface area (TPSA) is 117 Å². The molecule has 158 valence electrons. The third-order valence-electron chi connectivity index (χ3n) is 4.41. The van der Waals surface area contributed by atoms with E-state index in [2.05, 4.69) is 21.4 Å². The SMILES string of the molecule is COc1ccc(-c2nc(SC)nc(Nc3ccc(CC(=O)O)cc3)c2C#N)cc1OC. The maximum atomic E-state index is 10.9. The number of carboxylic acids is 1. The van der Waals surface area contributed by atoms with Gasteiger partial charge in [0.1, 0.15) is 11.6 Å². The molecule has 3 aromatic rings. The van der Waals surface area contributed by atoms with Crippen LogP contribution in [0.3, 0.4) is 0 Å². The minimum Gasteiger partial charge on any atom is -0.493 e. The van der Waals surface area contributed by atoms with Crippen LogP contribution >= 0.6 is 11.8 Å². The van der Waals surface area contributed by atoms with Crippen LogP contribution in [0.2, 0.25) is 0 Å². The van der Waals surface area contributed by atoms with Crippen molar-refractivity contribution in [3.05, 3.63) is 53.6 Å². The first-order valence-electron chi connectivity index (χ1n) is 9.15. The number of nitrogens with zero attached hydrogens (tertiary/aromatic N) is 3. The summed E-state index contributed by atoms with van der Waals surface area (Å²) in [6, 6.07) is 14.4. The second kappa shape index (κ2) is 9.82. The van der Waals surface area contributed by atoms with Gasteiger partial charge in [-0.15, -0.1) is 0 Å². The van der Waals surface area contributed by atoms with Crippen molar-refractivity contribution in [3.63, 3.8) is 0 Å². The molecule has 1 heterocycles. The molecule has 0 unspecified atom stereocenters. The Hall–Kier alpha value is -3.77. The molecule has 8 nitrogen and oxygen atoms in total. The molecule has 0 amide bonds. The first kappa shape index (κ1) is 21.9. The number of carboxylic acid groups (broad SMARTS) is 1. The summed E-state index contributed by atoms with van der Waals surface area (Å²) in [6.07, 6.45) is 1.79. The van der Waals surface area contributed by atoms with Crippen LogP contribution in [0, 0.1) is 11.3 Å². The van der Waals surface area contributed by atoms with E-state index >= 15 is 0 Å². The van der Waals surface area contributed by atoms with Gasteiger partial charge in [0.05, 0.1) is 26.3 Å². The van der Waals surface area contributed by atoms with E-state index in [0.717, 1.165) is 0 Å². The second-order valence-corrected chi connectivity index (χ2v) is 7.13. The number of nitriles is 1. The van der Waals surface area contributed by atoms with Crippen LogP contribution in [0.1, 0.15) is 11.1 Å². The summed E-state index contributed by atoms with van der Waals surface area (Å²) in [5.41, 5.74) is 2.78. The van der Waals surface area contributed by atoms with Gasteiger partial charge in [0, 0.05) is 11.3 Å². The predicted octanol–water partition coefficient (Wildman–Crippen LogP) is 4.13. The number of benzene rings is 2. The average Bonchev–Trinajstić information content (AvgIpc) is 2.78. The summed E-state index contributed by atoms with van der Waals surface area (Å²) in [7, 11) is 3.10. The zero-order chi connectivity index (χ0) is 22.4. The summed E-state index contributed by atoms with van der Waals surface area (Å²) < 4.78 is 10.7. The summed E-state index contributed by atoms with van der Waals surface area (Å²) in [4.78, 5) is 19.9. The van der Waals surface area contributed by atoms with Gasteiger partial charge in [-0.25, -0.2) is 9.97 Å². The molecular weight excluding hydrogens is 416 g/mol. The number of nitrogens with one attached hydrogen (secondary N) is 1. The lowest BCUT2D eigenvalue weighted by atomic mass is 10.1. The highest BCUT2D eigenvalue weighted by atomic mass is 32.2. The van der Waals surface area contributed by atoms with E-state index in [1.807, 2.05) is 6.26 Å². The Morgan fingerprint density at radius 1 is 1.13 bits per heavy atom. The van der Waals surface area contributed by atoms with Crippen molar-refractivity contribution in [2.75, 3.05) is 25.8 Å². The third kappa shape index (κ3) is 5.05. The Balaban J connectivity index is 2.04. The van der Waals surface area contributed by atoms with Crippen LogP contribution in [-0.4, -0.2) is 41.5 Å². The Labute approximate surface area is 183 Å². The molecule has 3 rings (SSSR count). The minimum absolute atomic E-state index is 0.0582. The minimum atomic E-state index is -0.896. The van der Waals surface area contributed by atoms with Gasteiger partial charge in [0.2, 0.25) is 0 Å². The Morgan fingerprint density at radius 2 is 1.84 bits per heavy atom. The number of aliphatic carboxylic acids is 1. The van der Waals surface area contributed by atoms with E-state index in [-0.39, 0.29) is 12.0 Å². The zero-order valence-corrected chi connectivity index (χ0v) is 18.0. The maximum Gasteiger partial charge on any atom is 0.307 e. The van der Waals surface area contributed by atoms with Crippen molar-refractivity contribution in [1.82, 2.24) is 9.97 Å². The van der Waals surface area contributed by atoms with Crippen LogP contribution in [-0.2, 0) is 11.2 Å².